The smallest absolute Gasteiger partial charge is 0.340 e. The highest BCUT2D eigenvalue weighted by atomic mass is 16.5. The lowest BCUT2D eigenvalue weighted by molar-refractivity contribution is -0.139. The normalized spacial score (nSPS) is 10.7. The number of carbonyl (C=O) groups is 2. The fraction of sp³-hybridized carbons (Fsp3) is 0.200. The number of hydrogen-bond donors (Lipinski definition) is 1. The second-order valence-corrected chi connectivity index (χ2v) is 5.75. The van der Waals surface area contributed by atoms with Crippen LogP contribution in [0.1, 0.15) is 15.9 Å². The second kappa shape index (κ2) is 8.31. The minimum Gasteiger partial charge on any atom is -0.468 e. The van der Waals surface area contributed by atoms with Gasteiger partial charge in [0.25, 0.3) is 0 Å². The molecule has 0 amide bonds. The number of nitrogens with zero attached hydrogens (tertiary/aromatic N) is 1. The Morgan fingerprint density at radius 2 is 1.77 bits per heavy atom. The van der Waals surface area contributed by atoms with Gasteiger partial charge in [0.2, 0.25) is 0 Å². The van der Waals surface area contributed by atoms with E-state index in [4.69, 9.17) is 4.74 Å². The van der Waals surface area contributed by atoms with Crippen LogP contribution < -0.4 is 5.32 Å². The van der Waals surface area contributed by atoms with Crippen LogP contribution in [0.5, 0.6) is 0 Å². The lowest BCUT2D eigenvalue weighted by atomic mass is 10.2. The van der Waals surface area contributed by atoms with Gasteiger partial charge in [-0.1, -0.05) is 48.5 Å². The van der Waals surface area contributed by atoms with Crippen molar-refractivity contribution in [1.82, 2.24) is 9.88 Å². The molecule has 1 aromatic heterocycles. The fourth-order valence-corrected chi connectivity index (χ4v) is 2.69. The number of carbonyl (C=O) groups excluding carboxylic acids is 2. The van der Waals surface area contributed by atoms with Gasteiger partial charge >= 0.3 is 11.9 Å². The van der Waals surface area contributed by atoms with Crippen molar-refractivity contribution in [2.24, 2.45) is 0 Å². The highest BCUT2D eigenvalue weighted by Gasteiger charge is 2.16. The highest BCUT2D eigenvalue weighted by Crippen LogP contribution is 2.22. The van der Waals surface area contributed by atoms with Crippen LogP contribution in [-0.2, 0) is 27.5 Å². The molecule has 0 aliphatic carbocycles. The number of fused-ring (bicyclic) bond motifs is 1. The molecule has 0 fully saturated rings. The molecule has 6 nitrogen and oxygen atoms in total. The minimum absolute atomic E-state index is 0.0940. The highest BCUT2D eigenvalue weighted by molar-refractivity contribution is 6.04. The molecule has 0 aliphatic rings. The van der Waals surface area contributed by atoms with Crippen molar-refractivity contribution in [1.29, 1.82) is 0 Å². The third kappa shape index (κ3) is 4.10. The largest absolute Gasteiger partial charge is 0.468 e. The Hall–Kier alpha value is -3.12. The topological polar surface area (TPSA) is 69.6 Å². The van der Waals surface area contributed by atoms with E-state index in [0.29, 0.717) is 12.2 Å². The monoisotopic (exact) mass is 352 g/mol. The van der Waals surface area contributed by atoms with Gasteiger partial charge in [-0.25, -0.2) is 4.79 Å². The molecule has 0 aliphatic heterocycles. The maximum atomic E-state index is 12.5. The summed E-state index contributed by atoms with van der Waals surface area (Å²) >= 11 is 0. The molecule has 0 unspecified atom stereocenters. The standard InChI is InChI=1S/C20H20N2O4/c1-25-19(23)11-21-14-22-12-17(16-9-5-6-10-18(16)22)20(24)26-13-15-7-3-2-4-8-15/h2-10,12,21H,11,13-14H2,1H3. The summed E-state index contributed by atoms with van der Waals surface area (Å²) in [7, 11) is 1.34. The number of rotatable bonds is 7. The molecule has 0 bridgehead atoms. The predicted octanol–water partition coefficient (Wildman–Crippen LogP) is 2.72. The van der Waals surface area contributed by atoms with Crippen LogP contribution in [0.15, 0.2) is 60.8 Å². The lowest BCUT2D eigenvalue weighted by Crippen LogP contribution is -2.25. The Balaban J connectivity index is 1.75. The maximum absolute atomic E-state index is 12.5. The van der Waals surface area contributed by atoms with Crippen LogP contribution in [0.2, 0.25) is 0 Å². The molecule has 1 N–H and O–H groups in total. The summed E-state index contributed by atoms with van der Waals surface area (Å²) in [6, 6.07) is 17.1. The summed E-state index contributed by atoms with van der Waals surface area (Å²) < 4.78 is 11.9. The number of ether oxygens (including phenoxy) is 2. The van der Waals surface area contributed by atoms with Crippen LogP contribution in [0.4, 0.5) is 0 Å². The Kier molecular flexibility index (Phi) is 5.66. The lowest BCUT2D eigenvalue weighted by Gasteiger charge is -2.06. The van der Waals surface area contributed by atoms with Gasteiger partial charge in [0.1, 0.15) is 6.61 Å². The van der Waals surface area contributed by atoms with E-state index in [0.717, 1.165) is 16.5 Å². The third-order valence-corrected chi connectivity index (χ3v) is 4.00. The summed E-state index contributed by atoms with van der Waals surface area (Å²) in [4.78, 5) is 23.8. The van der Waals surface area contributed by atoms with Crippen LogP contribution in [0.3, 0.4) is 0 Å². The van der Waals surface area contributed by atoms with E-state index in [-0.39, 0.29) is 25.1 Å². The van der Waals surface area contributed by atoms with Crippen LogP contribution in [0, 0.1) is 0 Å². The zero-order valence-electron chi connectivity index (χ0n) is 14.5. The zero-order chi connectivity index (χ0) is 18.4. The molecular formula is C20H20N2O4. The predicted molar refractivity (Wildman–Crippen MR) is 97.5 cm³/mol. The van der Waals surface area contributed by atoms with Crippen molar-refractivity contribution < 1.29 is 19.1 Å². The van der Waals surface area contributed by atoms with E-state index < -0.39 is 0 Å². The Labute approximate surface area is 151 Å². The van der Waals surface area contributed by atoms with Gasteiger partial charge in [0.05, 0.1) is 25.9 Å². The summed E-state index contributed by atoms with van der Waals surface area (Å²) in [5, 5.41) is 3.80. The Morgan fingerprint density at radius 1 is 1.04 bits per heavy atom. The van der Waals surface area contributed by atoms with E-state index in [1.807, 2.05) is 59.2 Å². The van der Waals surface area contributed by atoms with E-state index in [2.05, 4.69) is 10.1 Å². The molecule has 1 heterocycles. The quantitative estimate of drug-likeness (QED) is 0.662. The van der Waals surface area contributed by atoms with E-state index >= 15 is 0 Å². The number of hydrogen-bond acceptors (Lipinski definition) is 5. The van der Waals surface area contributed by atoms with Crippen molar-refractivity contribution in [3.05, 3.63) is 71.9 Å². The first-order valence-corrected chi connectivity index (χ1v) is 8.25. The molecule has 3 rings (SSSR count). The number of nitrogens with one attached hydrogen (secondary N) is 1. The van der Waals surface area contributed by atoms with Crippen molar-refractivity contribution in [2.45, 2.75) is 13.3 Å². The molecule has 134 valence electrons. The maximum Gasteiger partial charge on any atom is 0.340 e. The molecule has 26 heavy (non-hydrogen) atoms. The fourth-order valence-electron chi connectivity index (χ4n) is 2.69. The summed E-state index contributed by atoms with van der Waals surface area (Å²) in [5.41, 5.74) is 2.32. The summed E-state index contributed by atoms with van der Waals surface area (Å²) in [6.45, 7) is 0.693. The van der Waals surface area contributed by atoms with Crippen LogP contribution in [-0.4, -0.2) is 30.2 Å². The van der Waals surface area contributed by atoms with Crippen molar-refractivity contribution in [2.75, 3.05) is 13.7 Å². The SMILES string of the molecule is COC(=O)CNCn1cc(C(=O)OCc2ccccc2)c2ccccc21. The van der Waals surface area contributed by atoms with Crippen molar-refractivity contribution >= 4 is 22.8 Å². The molecular weight excluding hydrogens is 332 g/mol. The molecule has 0 spiro atoms. The number of methoxy groups -OCH3 is 1. The molecule has 2 aromatic carbocycles. The van der Waals surface area contributed by atoms with E-state index in [9.17, 15) is 9.59 Å². The molecule has 0 radical (unpaired) electrons. The molecule has 0 atom stereocenters. The summed E-state index contributed by atoms with van der Waals surface area (Å²) in [6.07, 6.45) is 1.74. The van der Waals surface area contributed by atoms with Gasteiger partial charge in [0.15, 0.2) is 0 Å². The number of benzene rings is 2. The first-order chi connectivity index (χ1) is 12.7. The summed E-state index contributed by atoms with van der Waals surface area (Å²) in [5.74, 6) is -0.722. The van der Waals surface area contributed by atoms with Crippen molar-refractivity contribution in [3.63, 3.8) is 0 Å². The molecule has 3 aromatic rings. The van der Waals surface area contributed by atoms with Gasteiger partial charge in [-0.05, 0) is 11.6 Å². The third-order valence-electron chi connectivity index (χ3n) is 4.00. The number of aromatic nitrogens is 1. The van der Waals surface area contributed by atoms with Gasteiger partial charge in [-0.2, -0.15) is 0 Å². The number of para-hydroxylation sites is 1. The molecule has 0 saturated carbocycles. The Bertz CT molecular complexity index is 903. The van der Waals surface area contributed by atoms with E-state index in [1.165, 1.54) is 7.11 Å². The van der Waals surface area contributed by atoms with Crippen molar-refractivity contribution in [3.8, 4) is 0 Å². The first kappa shape index (κ1) is 17.7. The van der Waals surface area contributed by atoms with Gasteiger partial charge < -0.3 is 14.0 Å². The minimum atomic E-state index is -0.378. The average Bonchev–Trinajstić information content (AvgIpc) is 3.06. The first-order valence-electron chi connectivity index (χ1n) is 8.25. The van der Waals surface area contributed by atoms with Gasteiger partial charge in [-0.15, -0.1) is 0 Å². The average molecular weight is 352 g/mol. The molecule has 0 saturated heterocycles. The zero-order valence-corrected chi connectivity index (χ0v) is 14.5. The van der Waals surface area contributed by atoms with E-state index in [1.54, 1.807) is 6.20 Å². The van der Waals surface area contributed by atoms with Crippen LogP contribution >= 0.6 is 0 Å². The van der Waals surface area contributed by atoms with Gasteiger partial charge in [0, 0.05) is 17.1 Å². The van der Waals surface area contributed by atoms with Crippen LogP contribution in [0.25, 0.3) is 10.9 Å². The number of esters is 2. The molecule has 6 heteroatoms. The second-order valence-electron chi connectivity index (χ2n) is 5.75. The van der Waals surface area contributed by atoms with Gasteiger partial charge in [-0.3, -0.25) is 10.1 Å². The Morgan fingerprint density at radius 3 is 2.54 bits per heavy atom.